The lowest BCUT2D eigenvalue weighted by Crippen LogP contribution is -2.64. The number of piperidine rings is 2. The standard InChI is InChI=1S/C23H27FN6O/c1-14-11-30(13-25-14)16-5-6-17(20(31)10-16)18-7-9-21(27-26-18)29(3)23-15-4-8-19(22(23)24)28(2)12-15/h5-7,9-11,13,15,19,22-23,31H,4,8,12H2,1-3H3/t15-,19+,22-,23+/m0/s1. The van der Waals surface area contributed by atoms with Crippen LogP contribution in [0.2, 0.25) is 0 Å². The van der Waals surface area contributed by atoms with Crippen LogP contribution in [-0.2, 0) is 0 Å². The van der Waals surface area contributed by atoms with Crippen LogP contribution in [0.3, 0.4) is 0 Å². The SMILES string of the molecule is Cc1cn(-c2ccc(-c3ccc(N(C)[C@@H]4[C@H]5CC[C@H]([C@@H]4F)N(C)C5)nn3)c(O)c2)cn1. The first-order valence-corrected chi connectivity index (χ1v) is 10.7. The molecule has 1 aromatic carbocycles. The number of alkyl halides is 1. The predicted octanol–water partition coefficient (Wildman–Crippen LogP) is 3.21. The quantitative estimate of drug-likeness (QED) is 0.696. The summed E-state index contributed by atoms with van der Waals surface area (Å²) in [6, 6.07) is 8.90. The Morgan fingerprint density at radius 1 is 1.16 bits per heavy atom. The molecule has 31 heavy (non-hydrogen) atoms. The molecule has 1 saturated carbocycles. The van der Waals surface area contributed by atoms with Gasteiger partial charge in [-0.2, -0.15) is 0 Å². The number of aryl methyl sites for hydroxylation is 1. The molecule has 4 heterocycles. The fraction of sp³-hybridized carbons (Fsp3) is 0.435. The molecule has 2 saturated heterocycles. The number of nitrogens with zero attached hydrogens (tertiary/aromatic N) is 6. The van der Waals surface area contributed by atoms with Gasteiger partial charge in [0.05, 0.1) is 29.4 Å². The van der Waals surface area contributed by atoms with Crippen LogP contribution in [0.1, 0.15) is 18.5 Å². The highest BCUT2D eigenvalue weighted by molar-refractivity contribution is 5.69. The Hall–Kier alpha value is -3.00. The molecule has 2 bridgehead atoms. The molecule has 1 aliphatic carbocycles. The molecule has 0 spiro atoms. The summed E-state index contributed by atoms with van der Waals surface area (Å²) in [4.78, 5) is 8.30. The molecule has 0 radical (unpaired) electrons. The minimum Gasteiger partial charge on any atom is -0.507 e. The van der Waals surface area contributed by atoms with E-state index in [1.807, 2.05) is 60.9 Å². The first-order chi connectivity index (χ1) is 14.9. The van der Waals surface area contributed by atoms with Gasteiger partial charge in [-0.3, -0.25) is 0 Å². The normalized spacial score (nSPS) is 25.7. The zero-order valence-corrected chi connectivity index (χ0v) is 18.0. The zero-order chi connectivity index (χ0) is 21.7. The van der Waals surface area contributed by atoms with Crippen molar-refractivity contribution in [2.75, 3.05) is 25.5 Å². The summed E-state index contributed by atoms with van der Waals surface area (Å²) in [7, 11) is 3.92. The van der Waals surface area contributed by atoms with Crippen molar-refractivity contribution in [1.29, 1.82) is 0 Å². The average Bonchev–Trinajstić information content (AvgIpc) is 3.20. The maximum absolute atomic E-state index is 15.1. The lowest BCUT2D eigenvalue weighted by Gasteiger charge is -2.52. The smallest absolute Gasteiger partial charge is 0.151 e. The fourth-order valence-electron chi connectivity index (χ4n) is 5.17. The summed E-state index contributed by atoms with van der Waals surface area (Å²) in [6.07, 6.45) is 4.68. The number of phenolic OH excluding ortho intramolecular Hbond substituents is 1. The summed E-state index contributed by atoms with van der Waals surface area (Å²) in [5, 5.41) is 19.3. The molecule has 3 fully saturated rings. The second-order valence-corrected chi connectivity index (χ2v) is 8.79. The van der Waals surface area contributed by atoms with Crippen LogP contribution in [0.4, 0.5) is 10.2 Å². The lowest BCUT2D eigenvalue weighted by molar-refractivity contribution is -0.0177. The molecular formula is C23H27FN6O. The van der Waals surface area contributed by atoms with Crippen molar-refractivity contribution < 1.29 is 9.50 Å². The third kappa shape index (κ3) is 3.44. The van der Waals surface area contributed by atoms with E-state index < -0.39 is 6.17 Å². The Labute approximate surface area is 181 Å². The highest BCUT2D eigenvalue weighted by atomic mass is 19.1. The van der Waals surface area contributed by atoms with Gasteiger partial charge in [-0.15, -0.1) is 10.2 Å². The van der Waals surface area contributed by atoms with E-state index >= 15 is 4.39 Å². The number of imidazole rings is 1. The van der Waals surface area contributed by atoms with Crippen molar-refractivity contribution in [2.24, 2.45) is 5.92 Å². The molecule has 0 unspecified atom stereocenters. The Balaban J connectivity index is 1.37. The van der Waals surface area contributed by atoms with Crippen LogP contribution in [0.15, 0.2) is 42.9 Å². The first-order valence-electron chi connectivity index (χ1n) is 10.7. The second kappa shape index (κ2) is 7.60. The molecule has 162 valence electrons. The predicted molar refractivity (Wildman–Crippen MR) is 117 cm³/mol. The molecule has 8 heteroatoms. The number of benzene rings is 1. The van der Waals surface area contributed by atoms with Gasteiger partial charge in [0.1, 0.15) is 11.9 Å². The van der Waals surface area contributed by atoms with Gasteiger partial charge in [0.15, 0.2) is 5.82 Å². The number of halogens is 1. The van der Waals surface area contributed by atoms with E-state index in [4.69, 9.17) is 0 Å². The van der Waals surface area contributed by atoms with Crippen LogP contribution in [0, 0.1) is 12.8 Å². The largest absolute Gasteiger partial charge is 0.507 e. The van der Waals surface area contributed by atoms with Crippen LogP contribution in [0.5, 0.6) is 5.75 Å². The molecule has 2 aliphatic heterocycles. The Kier molecular flexibility index (Phi) is 4.89. The number of aromatic nitrogens is 4. The van der Waals surface area contributed by atoms with Crippen molar-refractivity contribution in [3.8, 4) is 22.7 Å². The summed E-state index contributed by atoms with van der Waals surface area (Å²) in [6.45, 7) is 2.84. The summed E-state index contributed by atoms with van der Waals surface area (Å²) < 4.78 is 17.0. The minimum absolute atomic E-state index is 0.0144. The Bertz CT molecular complexity index is 1080. The third-order valence-electron chi connectivity index (χ3n) is 6.82. The fourth-order valence-corrected chi connectivity index (χ4v) is 5.17. The number of hydrogen-bond acceptors (Lipinski definition) is 6. The van der Waals surface area contributed by atoms with E-state index in [0.29, 0.717) is 23.0 Å². The average molecular weight is 423 g/mol. The van der Waals surface area contributed by atoms with Gasteiger partial charge in [-0.05, 0) is 57.0 Å². The minimum atomic E-state index is -0.896. The van der Waals surface area contributed by atoms with Gasteiger partial charge >= 0.3 is 0 Å². The number of fused-ring (bicyclic) bond motifs is 3. The molecule has 1 N–H and O–H groups in total. The third-order valence-corrected chi connectivity index (χ3v) is 6.82. The van der Waals surface area contributed by atoms with Gasteiger partial charge < -0.3 is 19.5 Å². The summed E-state index contributed by atoms with van der Waals surface area (Å²) in [5.41, 5.74) is 2.90. The van der Waals surface area contributed by atoms with Gasteiger partial charge in [0.25, 0.3) is 0 Å². The molecule has 2 aromatic heterocycles. The second-order valence-electron chi connectivity index (χ2n) is 8.79. The number of anilines is 1. The van der Waals surface area contributed by atoms with Crippen LogP contribution in [-0.4, -0.2) is 68.7 Å². The molecular weight excluding hydrogens is 395 g/mol. The number of phenols is 1. The maximum Gasteiger partial charge on any atom is 0.151 e. The van der Waals surface area contributed by atoms with Crippen LogP contribution in [0.25, 0.3) is 16.9 Å². The van der Waals surface area contributed by atoms with E-state index in [1.54, 1.807) is 12.4 Å². The van der Waals surface area contributed by atoms with E-state index in [0.717, 1.165) is 30.8 Å². The van der Waals surface area contributed by atoms with Gasteiger partial charge in [0, 0.05) is 37.5 Å². The highest BCUT2D eigenvalue weighted by Gasteiger charge is 2.48. The molecule has 4 atom stereocenters. The molecule has 3 aromatic rings. The van der Waals surface area contributed by atoms with E-state index in [1.165, 1.54) is 0 Å². The first kappa shape index (κ1) is 19.9. The van der Waals surface area contributed by atoms with E-state index in [-0.39, 0.29) is 17.8 Å². The number of hydrogen-bond donors (Lipinski definition) is 1. The van der Waals surface area contributed by atoms with Crippen molar-refractivity contribution >= 4 is 5.82 Å². The lowest BCUT2D eigenvalue weighted by atomic mass is 9.74. The van der Waals surface area contributed by atoms with Crippen LogP contribution >= 0.6 is 0 Å². The Morgan fingerprint density at radius 2 is 2.00 bits per heavy atom. The zero-order valence-electron chi connectivity index (χ0n) is 18.0. The monoisotopic (exact) mass is 422 g/mol. The van der Waals surface area contributed by atoms with Crippen molar-refractivity contribution in [1.82, 2.24) is 24.6 Å². The van der Waals surface area contributed by atoms with Crippen LogP contribution < -0.4 is 4.90 Å². The van der Waals surface area contributed by atoms with Crippen molar-refractivity contribution in [3.63, 3.8) is 0 Å². The maximum atomic E-state index is 15.1. The van der Waals surface area contributed by atoms with E-state index in [9.17, 15) is 5.11 Å². The van der Waals surface area contributed by atoms with Crippen molar-refractivity contribution in [2.45, 2.75) is 38.0 Å². The van der Waals surface area contributed by atoms with Gasteiger partial charge in [0.2, 0.25) is 0 Å². The number of aromatic hydroxyl groups is 1. The van der Waals surface area contributed by atoms with Gasteiger partial charge in [-0.1, -0.05) is 0 Å². The molecule has 0 amide bonds. The summed E-state index contributed by atoms with van der Waals surface area (Å²) in [5.74, 6) is 1.06. The van der Waals surface area contributed by atoms with E-state index in [2.05, 4.69) is 20.1 Å². The topological polar surface area (TPSA) is 70.3 Å². The van der Waals surface area contributed by atoms with Crippen molar-refractivity contribution in [3.05, 3.63) is 48.5 Å². The number of rotatable bonds is 4. The molecule has 3 aliphatic rings. The molecule has 7 nitrogen and oxygen atoms in total. The Morgan fingerprint density at radius 3 is 2.61 bits per heavy atom. The molecule has 6 rings (SSSR count). The summed E-state index contributed by atoms with van der Waals surface area (Å²) >= 11 is 0. The highest BCUT2D eigenvalue weighted by Crippen LogP contribution is 2.40. The van der Waals surface area contributed by atoms with Gasteiger partial charge in [-0.25, -0.2) is 9.37 Å².